The van der Waals surface area contributed by atoms with Gasteiger partial charge in [0, 0.05) is 23.7 Å². The number of benzene rings is 2. The zero-order valence-electron chi connectivity index (χ0n) is 16.0. The molecular weight excluding hydrogens is 336 g/mol. The predicted octanol–water partition coefficient (Wildman–Crippen LogP) is 4.55. The number of urea groups is 1. The molecule has 0 bridgehead atoms. The summed E-state index contributed by atoms with van der Waals surface area (Å²) in [6.07, 6.45) is 0. The van der Waals surface area contributed by atoms with Crippen LogP contribution in [0.15, 0.2) is 66.7 Å². The maximum Gasteiger partial charge on any atom is 0.320 e. The van der Waals surface area contributed by atoms with Crippen LogP contribution in [0.3, 0.4) is 0 Å². The summed E-state index contributed by atoms with van der Waals surface area (Å²) in [6, 6.07) is 22.0. The van der Waals surface area contributed by atoms with Gasteiger partial charge < -0.3 is 5.32 Å². The highest BCUT2D eigenvalue weighted by molar-refractivity contribution is 5.88. The summed E-state index contributed by atoms with van der Waals surface area (Å²) in [5, 5.41) is 10.3. The molecule has 0 saturated carbocycles. The van der Waals surface area contributed by atoms with Crippen LogP contribution in [-0.4, -0.2) is 21.9 Å². The second-order valence-electron chi connectivity index (χ2n) is 6.90. The highest BCUT2D eigenvalue weighted by Gasteiger charge is 2.17. The van der Waals surface area contributed by atoms with Gasteiger partial charge >= 0.3 is 6.03 Å². The number of rotatable bonds is 6. The molecule has 2 aromatic carbocycles. The third-order valence-corrected chi connectivity index (χ3v) is 4.83. The average Bonchev–Trinajstić information content (AvgIpc) is 3.01. The van der Waals surface area contributed by atoms with Gasteiger partial charge in [0.2, 0.25) is 0 Å². The van der Waals surface area contributed by atoms with Crippen molar-refractivity contribution in [1.29, 1.82) is 0 Å². The number of hydrogen-bond acceptors (Lipinski definition) is 2. The fraction of sp³-hybridized carbons (Fsp3) is 0.273. The van der Waals surface area contributed by atoms with Gasteiger partial charge in [-0.2, -0.15) is 5.10 Å². The zero-order valence-corrected chi connectivity index (χ0v) is 16.0. The van der Waals surface area contributed by atoms with Crippen LogP contribution in [0.5, 0.6) is 0 Å². The maximum absolute atomic E-state index is 12.4. The van der Waals surface area contributed by atoms with E-state index in [4.69, 9.17) is 0 Å². The molecule has 0 saturated heterocycles. The van der Waals surface area contributed by atoms with Crippen molar-refractivity contribution >= 4 is 11.8 Å². The molecule has 3 aromatic rings. The normalized spacial score (nSPS) is 13.0. The predicted molar refractivity (Wildman–Crippen MR) is 109 cm³/mol. The van der Waals surface area contributed by atoms with E-state index in [9.17, 15) is 4.79 Å². The molecule has 5 nitrogen and oxygen atoms in total. The highest BCUT2D eigenvalue weighted by Crippen LogP contribution is 2.18. The minimum Gasteiger partial charge on any atom is -0.335 e. The van der Waals surface area contributed by atoms with Crippen LogP contribution in [0, 0.1) is 6.92 Å². The molecule has 3 rings (SSSR count). The van der Waals surface area contributed by atoms with Gasteiger partial charge in [0.15, 0.2) is 5.82 Å². The van der Waals surface area contributed by atoms with Gasteiger partial charge in [-0.3, -0.25) is 10.00 Å². The summed E-state index contributed by atoms with van der Waals surface area (Å²) in [5.41, 5.74) is 3.37. The van der Waals surface area contributed by atoms with E-state index in [1.807, 2.05) is 61.0 Å². The van der Waals surface area contributed by atoms with Crippen molar-refractivity contribution in [3.8, 4) is 0 Å². The molecule has 0 aliphatic rings. The van der Waals surface area contributed by atoms with Gasteiger partial charge in [-0.05, 0) is 25.0 Å². The lowest BCUT2D eigenvalue weighted by Gasteiger charge is -2.21. The molecular formula is C22H26N4O. The molecule has 5 heteroatoms. The van der Waals surface area contributed by atoms with E-state index in [0.29, 0.717) is 12.4 Å². The number of aryl methyl sites for hydroxylation is 1. The van der Waals surface area contributed by atoms with Crippen molar-refractivity contribution in [2.75, 3.05) is 5.32 Å². The molecule has 27 heavy (non-hydrogen) atoms. The Hall–Kier alpha value is -3.08. The topological polar surface area (TPSA) is 59.0 Å². The molecule has 0 spiro atoms. The summed E-state index contributed by atoms with van der Waals surface area (Å²) in [4.78, 5) is 12.4. The van der Waals surface area contributed by atoms with E-state index in [0.717, 1.165) is 5.69 Å². The molecule has 0 aliphatic heterocycles. The van der Waals surface area contributed by atoms with Crippen molar-refractivity contribution in [2.45, 2.75) is 39.3 Å². The SMILES string of the molecule is Cc1cc(NC(=O)NC(C)C(C)c2ccccc2)nn1Cc1ccccc1. The molecule has 1 aromatic heterocycles. The van der Waals surface area contributed by atoms with Gasteiger partial charge in [0.25, 0.3) is 0 Å². The Balaban J connectivity index is 1.58. The summed E-state index contributed by atoms with van der Waals surface area (Å²) in [5.74, 6) is 0.773. The Morgan fingerprint density at radius 1 is 1.04 bits per heavy atom. The number of nitrogens with zero attached hydrogens (tertiary/aromatic N) is 2. The number of nitrogens with one attached hydrogen (secondary N) is 2. The molecule has 2 unspecified atom stereocenters. The summed E-state index contributed by atoms with van der Waals surface area (Å²) in [7, 11) is 0. The molecule has 140 valence electrons. The number of carbonyl (C=O) groups excluding carboxylic acids is 1. The molecule has 0 radical (unpaired) electrons. The van der Waals surface area contributed by atoms with Gasteiger partial charge in [-0.25, -0.2) is 4.79 Å². The van der Waals surface area contributed by atoms with Crippen molar-refractivity contribution in [3.63, 3.8) is 0 Å². The molecule has 2 N–H and O–H groups in total. The van der Waals surface area contributed by atoms with E-state index in [-0.39, 0.29) is 18.0 Å². The molecule has 2 amide bonds. The highest BCUT2D eigenvalue weighted by atomic mass is 16.2. The number of hydrogen-bond donors (Lipinski definition) is 2. The van der Waals surface area contributed by atoms with Crippen molar-refractivity contribution in [2.24, 2.45) is 0 Å². The fourth-order valence-electron chi connectivity index (χ4n) is 3.02. The first-order chi connectivity index (χ1) is 13.0. The van der Waals surface area contributed by atoms with E-state index >= 15 is 0 Å². The van der Waals surface area contributed by atoms with Gasteiger partial charge in [0.1, 0.15) is 0 Å². The lowest BCUT2D eigenvalue weighted by atomic mass is 9.95. The third-order valence-electron chi connectivity index (χ3n) is 4.83. The monoisotopic (exact) mass is 362 g/mol. The van der Waals surface area contributed by atoms with Crippen LogP contribution in [0.4, 0.5) is 10.6 Å². The quantitative estimate of drug-likeness (QED) is 0.676. The van der Waals surface area contributed by atoms with E-state index in [1.165, 1.54) is 11.1 Å². The zero-order chi connectivity index (χ0) is 19.2. The van der Waals surface area contributed by atoms with Crippen LogP contribution in [0.25, 0.3) is 0 Å². The second kappa shape index (κ2) is 8.54. The van der Waals surface area contributed by atoms with Crippen LogP contribution in [0.1, 0.15) is 36.6 Å². The van der Waals surface area contributed by atoms with Gasteiger partial charge in [-0.1, -0.05) is 67.6 Å². The van der Waals surface area contributed by atoms with E-state index < -0.39 is 0 Å². The molecule has 2 atom stereocenters. The van der Waals surface area contributed by atoms with Crippen LogP contribution < -0.4 is 10.6 Å². The fourth-order valence-corrected chi connectivity index (χ4v) is 3.02. The number of anilines is 1. The lowest BCUT2D eigenvalue weighted by molar-refractivity contribution is 0.247. The lowest BCUT2D eigenvalue weighted by Crippen LogP contribution is -2.39. The molecule has 0 aliphatic carbocycles. The van der Waals surface area contributed by atoms with Crippen molar-refractivity contribution in [3.05, 3.63) is 83.6 Å². The molecule has 1 heterocycles. The first kappa shape index (κ1) is 18.7. The Kier molecular flexibility index (Phi) is 5.91. The Morgan fingerprint density at radius 3 is 2.33 bits per heavy atom. The summed E-state index contributed by atoms with van der Waals surface area (Å²) in [6.45, 7) is 6.78. The van der Waals surface area contributed by atoms with Gasteiger partial charge in [0.05, 0.1) is 6.54 Å². The average molecular weight is 362 g/mol. The number of carbonyl (C=O) groups is 1. The number of amides is 2. The minimum absolute atomic E-state index is 0.0000913. The van der Waals surface area contributed by atoms with E-state index in [1.54, 1.807) is 0 Å². The van der Waals surface area contributed by atoms with Crippen LogP contribution >= 0.6 is 0 Å². The summed E-state index contributed by atoms with van der Waals surface area (Å²) < 4.78 is 1.89. The standard InChI is InChI=1S/C22H26N4O/c1-16-14-21(25-26(16)15-19-10-6-4-7-11-19)24-22(27)23-18(3)17(2)20-12-8-5-9-13-20/h4-14,17-18H,15H2,1-3H3,(H2,23,24,25,27). The van der Waals surface area contributed by atoms with Crippen LogP contribution in [0.2, 0.25) is 0 Å². The first-order valence-corrected chi connectivity index (χ1v) is 9.24. The van der Waals surface area contributed by atoms with E-state index in [2.05, 4.69) is 46.9 Å². The molecule has 0 fully saturated rings. The number of aromatic nitrogens is 2. The minimum atomic E-state index is -0.241. The Labute approximate surface area is 160 Å². The Bertz CT molecular complexity index is 874. The van der Waals surface area contributed by atoms with Crippen LogP contribution in [-0.2, 0) is 6.54 Å². The third kappa shape index (κ3) is 4.97. The van der Waals surface area contributed by atoms with Crippen molar-refractivity contribution in [1.82, 2.24) is 15.1 Å². The summed E-state index contributed by atoms with van der Waals surface area (Å²) >= 11 is 0. The second-order valence-corrected chi connectivity index (χ2v) is 6.90. The first-order valence-electron chi connectivity index (χ1n) is 9.24. The van der Waals surface area contributed by atoms with Crippen molar-refractivity contribution < 1.29 is 4.79 Å². The Morgan fingerprint density at radius 2 is 1.67 bits per heavy atom. The smallest absolute Gasteiger partial charge is 0.320 e. The maximum atomic E-state index is 12.4. The largest absolute Gasteiger partial charge is 0.335 e. The van der Waals surface area contributed by atoms with Gasteiger partial charge in [-0.15, -0.1) is 0 Å².